The fraction of sp³-hybridized carbons (Fsp3) is 0.500. The molecule has 1 amide bonds. The molecule has 0 radical (unpaired) electrons. The van der Waals surface area contributed by atoms with E-state index in [2.05, 4.69) is 38.1 Å². The van der Waals surface area contributed by atoms with Gasteiger partial charge in [0.25, 0.3) is 0 Å². The van der Waals surface area contributed by atoms with E-state index in [4.69, 9.17) is 5.73 Å². The largest absolute Gasteiger partial charge is 0.370 e. The summed E-state index contributed by atoms with van der Waals surface area (Å²) in [6.07, 6.45) is 2.13. The van der Waals surface area contributed by atoms with Gasteiger partial charge in [0.1, 0.15) is 16.2 Å². The molecule has 0 fully saturated rings. The summed E-state index contributed by atoms with van der Waals surface area (Å²) in [5, 5.41) is 3.03. The number of amides is 1. The van der Waals surface area contributed by atoms with E-state index in [0.29, 0.717) is 18.8 Å². The minimum atomic E-state index is -0.325. The molecule has 1 heterocycles. The number of carbonyl (C=O) groups excluding carboxylic acids is 1. The molecule has 0 unspecified atom stereocenters. The zero-order valence-corrected chi connectivity index (χ0v) is 10.7. The summed E-state index contributed by atoms with van der Waals surface area (Å²) in [5.41, 5.74) is 5.04. The Morgan fingerprint density at radius 1 is 1.56 bits per heavy atom. The van der Waals surface area contributed by atoms with Crippen molar-refractivity contribution in [2.45, 2.75) is 26.2 Å². The van der Waals surface area contributed by atoms with Crippen LogP contribution in [0, 0.1) is 0 Å². The van der Waals surface area contributed by atoms with E-state index in [-0.39, 0.29) is 5.91 Å². The highest BCUT2D eigenvalue weighted by Gasteiger charge is 2.02. The standard InChI is InChI=1S/C10H15BrN4O/c1-2-3-9-14-7(11)6-10(15-9)13-5-4-8(12)16/h6H,2-5H2,1H3,(H2,12,16)(H,13,14,15). The van der Waals surface area contributed by atoms with Crippen LogP contribution in [0.5, 0.6) is 0 Å². The summed E-state index contributed by atoms with van der Waals surface area (Å²) in [4.78, 5) is 19.1. The third kappa shape index (κ3) is 4.57. The quantitative estimate of drug-likeness (QED) is 0.776. The van der Waals surface area contributed by atoms with Gasteiger partial charge in [-0.05, 0) is 22.4 Å². The van der Waals surface area contributed by atoms with Crippen LogP contribution in [0.1, 0.15) is 25.6 Å². The van der Waals surface area contributed by atoms with Crippen molar-refractivity contribution >= 4 is 27.7 Å². The molecule has 0 saturated carbocycles. The highest BCUT2D eigenvalue weighted by molar-refractivity contribution is 9.10. The van der Waals surface area contributed by atoms with Gasteiger partial charge in [0.05, 0.1) is 0 Å². The number of rotatable bonds is 6. The van der Waals surface area contributed by atoms with Crippen molar-refractivity contribution in [2.75, 3.05) is 11.9 Å². The first kappa shape index (κ1) is 12.9. The topological polar surface area (TPSA) is 80.9 Å². The van der Waals surface area contributed by atoms with Crippen LogP contribution in [-0.4, -0.2) is 22.4 Å². The summed E-state index contributed by atoms with van der Waals surface area (Å²) in [5.74, 6) is 1.18. The summed E-state index contributed by atoms with van der Waals surface area (Å²) < 4.78 is 0.743. The van der Waals surface area contributed by atoms with Crippen molar-refractivity contribution in [2.24, 2.45) is 5.73 Å². The van der Waals surface area contributed by atoms with Gasteiger partial charge in [-0.3, -0.25) is 4.79 Å². The molecule has 0 bridgehead atoms. The lowest BCUT2D eigenvalue weighted by atomic mass is 10.3. The molecule has 6 heteroatoms. The van der Waals surface area contributed by atoms with Crippen molar-refractivity contribution < 1.29 is 4.79 Å². The van der Waals surface area contributed by atoms with Gasteiger partial charge in [-0.1, -0.05) is 6.92 Å². The predicted octanol–water partition coefficient (Wildman–Crippen LogP) is 1.48. The monoisotopic (exact) mass is 286 g/mol. The molecule has 0 aromatic carbocycles. The number of hydrogen-bond donors (Lipinski definition) is 2. The fourth-order valence-electron chi connectivity index (χ4n) is 1.20. The van der Waals surface area contributed by atoms with Crippen LogP contribution in [0.2, 0.25) is 0 Å². The van der Waals surface area contributed by atoms with Crippen LogP contribution in [0.15, 0.2) is 10.7 Å². The second-order valence-corrected chi connectivity index (χ2v) is 4.20. The van der Waals surface area contributed by atoms with E-state index in [1.54, 1.807) is 6.07 Å². The lowest BCUT2D eigenvalue weighted by Gasteiger charge is -2.06. The van der Waals surface area contributed by atoms with Crippen LogP contribution < -0.4 is 11.1 Å². The van der Waals surface area contributed by atoms with Crippen molar-refractivity contribution in [3.63, 3.8) is 0 Å². The fourth-order valence-corrected chi connectivity index (χ4v) is 1.63. The molecule has 1 aromatic rings. The summed E-state index contributed by atoms with van der Waals surface area (Å²) in [6, 6.07) is 1.78. The number of anilines is 1. The Balaban J connectivity index is 2.61. The number of primary amides is 1. The minimum Gasteiger partial charge on any atom is -0.370 e. The van der Waals surface area contributed by atoms with E-state index >= 15 is 0 Å². The Labute approximate surface area is 103 Å². The Hall–Kier alpha value is -1.17. The number of nitrogens with one attached hydrogen (secondary N) is 1. The van der Waals surface area contributed by atoms with Gasteiger partial charge in [0.2, 0.25) is 5.91 Å². The number of halogens is 1. The molecular formula is C10H15BrN4O. The van der Waals surface area contributed by atoms with Crippen molar-refractivity contribution in [3.8, 4) is 0 Å². The Morgan fingerprint density at radius 3 is 2.94 bits per heavy atom. The molecule has 16 heavy (non-hydrogen) atoms. The van der Waals surface area contributed by atoms with Gasteiger partial charge < -0.3 is 11.1 Å². The van der Waals surface area contributed by atoms with E-state index in [1.807, 2.05) is 0 Å². The van der Waals surface area contributed by atoms with Crippen molar-refractivity contribution in [1.82, 2.24) is 9.97 Å². The van der Waals surface area contributed by atoms with Gasteiger partial charge in [0, 0.05) is 25.5 Å². The van der Waals surface area contributed by atoms with Gasteiger partial charge >= 0.3 is 0 Å². The maximum absolute atomic E-state index is 10.6. The Morgan fingerprint density at radius 2 is 2.31 bits per heavy atom. The highest BCUT2D eigenvalue weighted by Crippen LogP contribution is 2.13. The van der Waals surface area contributed by atoms with Crippen LogP contribution in [-0.2, 0) is 11.2 Å². The molecule has 0 aliphatic rings. The zero-order chi connectivity index (χ0) is 12.0. The molecule has 0 aliphatic heterocycles. The number of aromatic nitrogens is 2. The van der Waals surface area contributed by atoms with Crippen LogP contribution in [0.25, 0.3) is 0 Å². The number of nitrogens with two attached hydrogens (primary N) is 1. The number of nitrogens with zero attached hydrogens (tertiary/aromatic N) is 2. The summed E-state index contributed by atoms with van der Waals surface area (Å²) in [6.45, 7) is 2.56. The molecule has 1 aromatic heterocycles. The first-order valence-electron chi connectivity index (χ1n) is 5.17. The average Bonchev–Trinajstić information content (AvgIpc) is 2.16. The number of aryl methyl sites for hydroxylation is 1. The smallest absolute Gasteiger partial charge is 0.219 e. The van der Waals surface area contributed by atoms with E-state index in [1.165, 1.54) is 0 Å². The van der Waals surface area contributed by atoms with Gasteiger partial charge in [-0.2, -0.15) is 0 Å². The molecule has 3 N–H and O–H groups in total. The Kier molecular flexibility index (Phi) is 5.18. The molecule has 1 rings (SSSR count). The maximum Gasteiger partial charge on any atom is 0.219 e. The van der Waals surface area contributed by atoms with Gasteiger partial charge in [-0.25, -0.2) is 9.97 Å². The lowest BCUT2D eigenvalue weighted by molar-refractivity contribution is -0.117. The van der Waals surface area contributed by atoms with E-state index < -0.39 is 0 Å². The van der Waals surface area contributed by atoms with E-state index in [0.717, 1.165) is 23.3 Å². The van der Waals surface area contributed by atoms with Crippen molar-refractivity contribution in [1.29, 1.82) is 0 Å². The molecule has 0 spiro atoms. The molecule has 0 atom stereocenters. The van der Waals surface area contributed by atoms with Crippen LogP contribution >= 0.6 is 15.9 Å². The second-order valence-electron chi connectivity index (χ2n) is 3.39. The average molecular weight is 287 g/mol. The zero-order valence-electron chi connectivity index (χ0n) is 9.16. The van der Waals surface area contributed by atoms with Crippen LogP contribution in [0.3, 0.4) is 0 Å². The maximum atomic E-state index is 10.6. The molecule has 5 nitrogen and oxygen atoms in total. The Bertz CT molecular complexity index is 370. The number of carbonyl (C=O) groups is 1. The third-order valence-electron chi connectivity index (χ3n) is 1.89. The second kappa shape index (κ2) is 6.42. The summed E-state index contributed by atoms with van der Waals surface area (Å²) >= 11 is 3.32. The van der Waals surface area contributed by atoms with Gasteiger partial charge in [0.15, 0.2) is 0 Å². The van der Waals surface area contributed by atoms with Crippen LogP contribution in [0.4, 0.5) is 5.82 Å². The molecule has 0 aliphatic carbocycles. The first-order chi connectivity index (χ1) is 7.61. The third-order valence-corrected chi connectivity index (χ3v) is 2.30. The summed E-state index contributed by atoms with van der Waals surface area (Å²) in [7, 11) is 0. The van der Waals surface area contributed by atoms with E-state index in [9.17, 15) is 4.79 Å². The lowest BCUT2D eigenvalue weighted by Crippen LogP contribution is -2.16. The first-order valence-corrected chi connectivity index (χ1v) is 5.96. The minimum absolute atomic E-state index is 0.296. The predicted molar refractivity (Wildman–Crippen MR) is 66.0 cm³/mol. The highest BCUT2D eigenvalue weighted by atomic mass is 79.9. The van der Waals surface area contributed by atoms with Crippen molar-refractivity contribution in [3.05, 3.63) is 16.5 Å². The normalized spacial score (nSPS) is 10.1. The van der Waals surface area contributed by atoms with Gasteiger partial charge in [-0.15, -0.1) is 0 Å². The molecular weight excluding hydrogens is 272 g/mol. The number of hydrogen-bond acceptors (Lipinski definition) is 4. The molecule has 0 saturated heterocycles. The SMILES string of the molecule is CCCc1nc(Br)cc(NCCC(N)=O)n1. The molecule has 88 valence electrons.